The molecule has 2 heteroatoms. The molecule has 0 saturated heterocycles. The van der Waals surface area contributed by atoms with Gasteiger partial charge in [-0.25, -0.2) is 4.98 Å². The number of nitrogens with zero attached hydrogens (tertiary/aromatic N) is 1. The second-order valence-electron chi connectivity index (χ2n) is 3.93. The average Bonchev–Trinajstić information content (AvgIpc) is 2.73. The Balaban J connectivity index is 2.04. The monoisotopic (exact) mass is 203 g/mol. The summed E-state index contributed by atoms with van der Waals surface area (Å²) in [7, 11) is 0. The molecule has 0 bridgehead atoms. The molecule has 1 aromatic carbocycles. The van der Waals surface area contributed by atoms with Gasteiger partial charge < -0.3 is 4.42 Å². The average molecular weight is 203 g/mol. The number of rotatable bonds is 5. The summed E-state index contributed by atoms with van der Waals surface area (Å²) in [5.41, 5.74) is 3.26. The summed E-state index contributed by atoms with van der Waals surface area (Å²) >= 11 is 0. The van der Waals surface area contributed by atoms with Crippen molar-refractivity contribution in [3.05, 3.63) is 30.2 Å². The molecule has 0 amide bonds. The molecule has 0 saturated carbocycles. The molecule has 2 aromatic rings. The van der Waals surface area contributed by atoms with Crippen molar-refractivity contribution in [3.63, 3.8) is 0 Å². The van der Waals surface area contributed by atoms with Crippen molar-refractivity contribution in [1.29, 1.82) is 0 Å². The van der Waals surface area contributed by atoms with E-state index < -0.39 is 0 Å². The third kappa shape index (κ3) is 2.38. The van der Waals surface area contributed by atoms with E-state index in [0.717, 1.165) is 17.5 Å². The number of fused-ring (bicyclic) bond motifs is 1. The van der Waals surface area contributed by atoms with Crippen molar-refractivity contribution < 1.29 is 4.42 Å². The maximum Gasteiger partial charge on any atom is 0.181 e. The Hall–Kier alpha value is -1.31. The first-order valence-electron chi connectivity index (χ1n) is 5.73. The van der Waals surface area contributed by atoms with E-state index in [2.05, 4.69) is 18.0 Å². The highest BCUT2D eigenvalue weighted by atomic mass is 16.3. The van der Waals surface area contributed by atoms with Gasteiger partial charge in [0.25, 0.3) is 0 Å². The molecule has 15 heavy (non-hydrogen) atoms. The van der Waals surface area contributed by atoms with Crippen molar-refractivity contribution in [2.24, 2.45) is 0 Å². The van der Waals surface area contributed by atoms with Crippen LogP contribution in [0.3, 0.4) is 0 Å². The first-order valence-corrected chi connectivity index (χ1v) is 5.73. The van der Waals surface area contributed by atoms with Crippen molar-refractivity contribution in [3.8, 4) is 0 Å². The first-order chi connectivity index (χ1) is 7.42. The predicted molar refractivity (Wildman–Crippen MR) is 61.9 cm³/mol. The third-order valence-corrected chi connectivity index (χ3v) is 2.74. The molecule has 0 spiro atoms. The molecular weight excluding hydrogens is 186 g/mol. The minimum absolute atomic E-state index is 0.906. The van der Waals surface area contributed by atoms with Crippen LogP contribution in [0.1, 0.15) is 38.2 Å². The van der Waals surface area contributed by atoms with Gasteiger partial charge in [0.1, 0.15) is 5.52 Å². The lowest BCUT2D eigenvalue weighted by atomic mass is 10.1. The summed E-state index contributed by atoms with van der Waals surface area (Å²) in [6, 6.07) is 6.16. The topological polar surface area (TPSA) is 26.0 Å². The van der Waals surface area contributed by atoms with Gasteiger partial charge in [0.2, 0.25) is 0 Å². The number of hydrogen-bond donors (Lipinski definition) is 0. The largest absolute Gasteiger partial charge is 0.443 e. The zero-order chi connectivity index (χ0) is 10.5. The van der Waals surface area contributed by atoms with Crippen LogP contribution in [0.15, 0.2) is 29.0 Å². The van der Waals surface area contributed by atoms with Crippen LogP contribution in [-0.4, -0.2) is 4.98 Å². The van der Waals surface area contributed by atoms with Crippen molar-refractivity contribution in [2.45, 2.75) is 39.0 Å². The van der Waals surface area contributed by atoms with E-state index in [1.807, 2.05) is 12.1 Å². The van der Waals surface area contributed by atoms with Crippen LogP contribution in [-0.2, 0) is 6.42 Å². The van der Waals surface area contributed by atoms with Crippen LogP contribution in [0.5, 0.6) is 0 Å². The van der Waals surface area contributed by atoms with Crippen molar-refractivity contribution in [1.82, 2.24) is 4.98 Å². The summed E-state index contributed by atoms with van der Waals surface area (Å²) < 4.78 is 5.27. The molecule has 0 atom stereocenters. The third-order valence-electron chi connectivity index (χ3n) is 2.74. The molecule has 80 valence electrons. The fraction of sp³-hybridized carbons (Fsp3) is 0.462. The number of aryl methyl sites for hydroxylation is 1. The Kier molecular flexibility index (Phi) is 3.38. The van der Waals surface area contributed by atoms with E-state index >= 15 is 0 Å². The lowest BCUT2D eigenvalue weighted by molar-refractivity contribution is 0.602. The van der Waals surface area contributed by atoms with E-state index in [1.54, 1.807) is 0 Å². The molecular formula is C13H17NO. The zero-order valence-electron chi connectivity index (χ0n) is 9.20. The van der Waals surface area contributed by atoms with Crippen molar-refractivity contribution >= 4 is 11.1 Å². The Labute approximate surface area is 90.3 Å². The van der Waals surface area contributed by atoms with E-state index in [9.17, 15) is 0 Å². The highest BCUT2D eigenvalue weighted by Gasteiger charge is 2.03. The lowest BCUT2D eigenvalue weighted by Gasteiger charge is -2.01. The van der Waals surface area contributed by atoms with Gasteiger partial charge in [0.05, 0.1) is 0 Å². The standard InChI is InChI=1S/C13H17NO/c1-2-3-4-5-7-11-8-6-9-12-13(11)14-10-15-12/h6,8-10H,2-5,7H2,1H3. The number of aromatic nitrogens is 1. The van der Waals surface area contributed by atoms with E-state index in [0.29, 0.717) is 0 Å². The van der Waals surface area contributed by atoms with Crippen LogP contribution >= 0.6 is 0 Å². The Morgan fingerprint density at radius 2 is 2.13 bits per heavy atom. The van der Waals surface area contributed by atoms with Gasteiger partial charge in [-0.1, -0.05) is 38.3 Å². The molecule has 0 radical (unpaired) electrons. The normalized spacial score (nSPS) is 11.0. The minimum Gasteiger partial charge on any atom is -0.443 e. The number of hydrogen-bond acceptors (Lipinski definition) is 2. The maximum atomic E-state index is 5.27. The number of unbranched alkanes of at least 4 members (excludes halogenated alkanes) is 3. The van der Waals surface area contributed by atoms with Gasteiger partial charge in [-0.05, 0) is 24.5 Å². The molecule has 0 aliphatic carbocycles. The molecule has 0 unspecified atom stereocenters. The fourth-order valence-electron chi connectivity index (χ4n) is 1.89. The molecule has 1 aromatic heterocycles. The van der Waals surface area contributed by atoms with Crippen LogP contribution in [0.25, 0.3) is 11.1 Å². The van der Waals surface area contributed by atoms with Gasteiger partial charge >= 0.3 is 0 Å². The van der Waals surface area contributed by atoms with E-state index in [4.69, 9.17) is 4.42 Å². The van der Waals surface area contributed by atoms with Crippen LogP contribution in [0, 0.1) is 0 Å². The van der Waals surface area contributed by atoms with E-state index in [1.165, 1.54) is 37.6 Å². The van der Waals surface area contributed by atoms with Gasteiger partial charge in [-0.15, -0.1) is 0 Å². The molecule has 2 rings (SSSR count). The van der Waals surface area contributed by atoms with Gasteiger partial charge in [0.15, 0.2) is 12.0 Å². The highest BCUT2D eigenvalue weighted by Crippen LogP contribution is 2.19. The summed E-state index contributed by atoms with van der Waals surface area (Å²) in [6.45, 7) is 2.23. The fourth-order valence-corrected chi connectivity index (χ4v) is 1.89. The number of benzene rings is 1. The van der Waals surface area contributed by atoms with Gasteiger partial charge in [-0.3, -0.25) is 0 Å². The molecule has 0 aliphatic rings. The first kappa shape index (κ1) is 10.2. The smallest absolute Gasteiger partial charge is 0.181 e. The van der Waals surface area contributed by atoms with E-state index in [-0.39, 0.29) is 0 Å². The second kappa shape index (κ2) is 4.96. The maximum absolute atomic E-state index is 5.27. The molecule has 0 N–H and O–H groups in total. The Morgan fingerprint density at radius 1 is 1.20 bits per heavy atom. The zero-order valence-corrected chi connectivity index (χ0v) is 9.20. The highest BCUT2D eigenvalue weighted by molar-refractivity contribution is 5.75. The summed E-state index contributed by atoms with van der Waals surface area (Å²) in [5, 5.41) is 0. The molecule has 1 heterocycles. The number of para-hydroxylation sites is 1. The SMILES string of the molecule is CCCCCCc1cccc2ocnc12. The van der Waals surface area contributed by atoms with Gasteiger partial charge in [0, 0.05) is 0 Å². The molecule has 2 nitrogen and oxygen atoms in total. The second-order valence-corrected chi connectivity index (χ2v) is 3.93. The Bertz CT molecular complexity index is 419. The van der Waals surface area contributed by atoms with Crippen LogP contribution in [0.2, 0.25) is 0 Å². The lowest BCUT2D eigenvalue weighted by Crippen LogP contribution is -1.87. The summed E-state index contributed by atoms with van der Waals surface area (Å²) in [5.74, 6) is 0. The molecule has 0 aliphatic heterocycles. The summed E-state index contributed by atoms with van der Waals surface area (Å²) in [4.78, 5) is 4.25. The predicted octanol–water partition coefficient (Wildman–Crippen LogP) is 3.95. The number of oxazole rings is 1. The Morgan fingerprint density at radius 3 is 3.00 bits per heavy atom. The van der Waals surface area contributed by atoms with Crippen LogP contribution < -0.4 is 0 Å². The minimum atomic E-state index is 0.906. The quantitative estimate of drug-likeness (QED) is 0.688. The molecule has 0 fully saturated rings. The van der Waals surface area contributed by atoms with Gasteiger partial charge in [-0.2, -0.15) is 0 Å². The van der Waals surface area contributed by atoms with Crippen molar-refractivity contribution in [2.75, 3.05) is 0 Å². The summed E-state index contributed by atoms with van der Waals surface area (Å²) in [6.07, 6.45) is 7.82. The van der Waals surface area contributed by atoms with Crippen LogP contribution in [0.4, 0.5) is 0 Å².